The van der Waals surface area contributed by atoms with Crippen molar-refractivity contribution in [2.45, 2.75) is 13.3 Å². The van der Waals surface area contributed by atoms with Crippen LogP contribution in [-0.2, 0) is 6.42 Å². The summed E-state index contributed by atoms with van der Waals surface area (Å²) in [7, 11) is 0. The fourth-order valence-electron chi connectivity index (χ4n) is 6.36. The molecular weight excluding hydrogens is 534 g/mol. The van der Waals surface area contributed by atoms with E-state index in [-0.39, 0.29) is 0 Å². The topological polar surface area (TPSA) is 30.7 Å². The third kappa shape index (κ3) is 4.73. The number of fused-ring (bicyclic) bond motifs is 3. The first-order chi connectivity index (χ1) is 21.7. The fourth-order valence-corrected chi connectivity index (χ4v) is 6.36. The molecule has 2 aromatic heterocycles. The number of hydrogen-bond donors (Lipinski definition) is 0. The summed E-state index contributed by atoms with van der Waals surface area (Å²) in [5.74, 6) is 1.24. The number of rotatable bonds is 5. The third-order valence-corrected chi connectivity index (χ3v) is 8.57. The van der Waals surface area contributed by atoms with E-state index in [2.05, 4.69) is 127 Å². The van der Waals surface area contributed by atoms with Crippen LogP contribution in [-0.4, -0.2) is 14.5 Å². The summed E-state index contributed by atoms with van der Waals surface area (Å²) < 4.78 is 2.44. The van der Waals surface area contributed by atoms with Crippen molar-refractivity contribution in [3.8, 4) is 50.7 Å². The lowest BCUT2D eigenvalue weighted by atomic mass is 9.95. The Kier molecular flexibility index (Phi) is 6.49. The summed E-state index contributed by atoms with van der Waals surface area (Å²) in [5.41, 5.74) is 12.5. The monoisotopic (exact) mass is 565 g/mol. The van der Waals surface area contributed by atoms with Crippen LogP contribution in [0.5, 0.6) is 0 Å². The Morgan fingerprint density at radius 2 is 1.18 bits per heavy atom. The number of aromatic nitrogens is 3. The lowest BCUT2D eigenvalue weighted by Crippen LogP contribution is -2.08. The van der Waals surface area contributed by atoms with E-state index in [1.807, 2.05) is 36.4 Å². The van der Waals surface area contributed by atoms with Gasteiger partial charge in [0.1, 0.15) is 0 Å². The van der Waals surface area contributed by atoms with Crippen LogP contribution in [0, 0.1) is 5.92 Å². The van der Waals surface area contributed by atoms with Gasteiger partial charge in [-0.05, 0) is 53.8 Å². The molecule has 0 amide bonds. The first kappa shape index (κ1) is 26.1. The number of para-hydroxylation sites is 1. The lowest BCUT2D eigenvalue weighted by molar-refractivity contribution is 0.690. The Morgan fingerprint density at radius 1 is 0.568 bits per heavy atom. The van der Waals surface area contributed by atoms with Crippen molar-refractivity contribution in [3.05, 3.63) is 157 Å². The summed E-state index contributed by atoms with van der Waals surface area (Å²) in [4.78, 5) is 10.1. The van der Waals surface area contributed by atoms with Gasteiger partial charge in [-0.2, -0.15) is 0 Å². The largest absolute Gasteiger partial charge is 0.313 e. The zero-order valence-corrected chi connectivity index (χ0v) is 24.6. The van der Waals surface area contributed by atoms with Crippen molar-refractivity contribution in [2.75, 3.05) is 0 Å². The molecule has 1 unspecified atom stereocenters. The predicted octanol–water partition coefficient (Wildman–Crippen LogP) is 10.3. The predicted molar refractivity (Wildman–Crippen MR) is 183 cm³/mol. The summed E-state index contributed by atoms with van der Waals surface area (Å²) in [6.45, 7) is 2.29. The Labute approximate surface area is 257 Å². The molecule has 44 heavy (non-hydrogen) atoms. The highest BCUT2D eigenvalue weighted by molar-refractivity contribution is 5.93. The van der Waals surface area contributed by atoms with Gasteiger partial charge in [0.25, 0.3) is 0 Å². The number of hydrogen-bond acceptors (Lipinski definition) is 2. The van der Waals surface area contributed by atoms with Crippen molar-refractivity contribution >= 4 is 17.0 Å². The minimum Gasteiger partial charge on any atom is -0.313 e. The molecule has 0 fully saturated rings. The highest BCUT2D eigenvalue weighted by Gasteiger charge is 2.21. The van der Waals surface area contributed by atoms with E-state index in [4.69, 9.17) is 9.97 Å². The summed E-state index contributed by atoms with van der Waals surface area (Å²) in [6, 6.07) is 49.0. The Bertz CT molecular complexity index is 2080. The second-order valence-electron chi connectivity index (χ2n) is 11.6. The zero-order valence-electron chi connectivity index (χ0n) is 24.6. The quantitative estimate of drug-likeness (QED) is 0.208. The van der Waals surface area contributed by atoms with Gasteiger partial charge in [0, 0.05) is 39.0 Å². The normalized spacial score (nSPS) is 14.1. The molecule has 210 valence electrons. The maximum absolute atomic E-state index is 5.04. The molecule has 0 saturated carbocycles. The molecule has 1 atom stereocenters. The highest BCUT2D eigenvalue weighted by Crippen LogP contribution is 2.36. The molecule has 5 aromatic carbocycles. The molecule has 1 aliphatic carbocycles. The maximum Gasteiger partial charge on any atom is 0.160 e. The maximum atomic E-state index is 5.04. The molecule has 0 spiro atoms. The van der Waals surface area contributed by atoms with E-state index in [0.29, 0.717) is 5.92 Å². The standard InChI is InChI=1S/C41H31N3/c1-28-19-24-36-35-17-8-9-18-39(35)44(40(36)25-28)34-22-20-29(21-23-34)32-15-10-16-33(26-32)41-42-37(30-11-4-2-5-12-30)27-38(43-41)31-13-6-3-7-14-31/h2-24,26-28H,25H2,1H3. The van der Waals surface area contributed by atoms with Crippen molar-refractivity contribution < 1.29 is 0 Å². The molecule has 0 N–H and O–H groups in total. The molecule has 1 aliphatic rings. The number of allylic oxidation sites excluding steroid dienone is 1. The summed E-state index contributed by atoms with van der Waals surface area (Å²) in [5, 5.41) is 1.31. The highest BCUT2D eigenvalue weighted by atomic mass is 15.0. The Balaban J connectivity index is 1.19. The van der Waals surface area contributed by atoms with Crippen LogP contribution < -0.4 is 0 Å². The Hall–Kier alpha value is -5.54. The Morgan fingerprint density at radius 3 is 1.89 bits per heavy atom. The van der Waals surface area contributed by atoms with Crippen molar-refractivity contribution in [1.29, 1.82) is 0 Å². The van der Waals surface area contributed by atoms with Crippen molar-refractivity contribution in [2.24, 2.45) is 5.92 Å². The average molecular weight is 566 g/mol. The molecule has 7 aromatic rings. The first-order valence-corrected chi connectivity index (χ1v) is 15.2. The molecule has 3 heteroatoms. The van der Waals surface area contributed by atoms with Crippen LogP contribution in [0.25, 0.3) is 67.7 Å². The van der Waals surface area contributed by atoms with E-state index in [1.165, 1.54) is 27.8 Å². The van der Waals surface area contributed by atoms with Crippen LogP contribution in [0.2, 0.25) is 0 Å². The molecule has 8 rings (SSSR count). The molecule has 0 radical (unpaired) electrons. The van der Waals surface area contributed by atoms with Gasteiger partial charge >= 0.3 is 0 Å². The lowest BCUT2D eigenvalue weighted by Gasteiger charge is -2.17. The third-order valence-electron chi connectivity index (χ3n) is 8.57. The minimum atomic E-state index is 0.526. The van der Waals surface area contributed by atoms with Gasteiger partial charge in [-0.3, -0.25) is 0 Å². The van der Waals surface area contributed by atoms with E-state index in [0.717, 1.165) is 51.5 Å². The first-order valence-electron chi connectivity index (χ1n) is 15.2. The van der Waals surface area contributed by atoms with Crippen LogP contribution in [0.4, 0.5) is 0 Å². The van der Waals surface area contributed by atoms with Crippen LogP contribution in [0.3, 0.4) is 0 Å². The molecule has 0 bridgehead atoms. The molecule has 3 nitrogen and oxygen atoms in total. The molecule has 0 saturated heterocycles. The van der Waals surface area contributed by atoms with Gasteiger partial charge in [-0.25, -0.2) is 9.97 Å². The molecular formula is C41H31N3. The van der Waals surface area contributed by atoms with Crippen molar-refractivity contribution in [1.82, 2.24) is 14.5 Å². The average Bonchev–Trinajstić information content (AvgIpc) is 3.42. The van der Waals surface area contributed by atoms with Gasteiger partial charge < -0.3 is 4.57 Å². The van der Waals surface area contributed by atoms with E-state index in [1.54, 1.807) is 0 Å². The second-order valence-corrected chi connectivity index (χ2v) is 11.6. The summed E-state index contributed by atoms with van der Waals surface area (Å²) in [6.07, 6.45) is 5.68. The summed E-state index contributed by atoms with van der Waals surface area (Å²) >= 11 is 0. The van der Waals surface area contributed by atoms with Crippen LogP contribution >= 0.6 is 0 Å². The smallest absolute Gasteiger partial charge is 0.160 e. The van der Waals surface area contributed by atoms with E-state index in [9.17, 15) is 0 Å². The van der Waals surface area contributed by atoms with Gasteiger partial charge in [0.2, 0.25) is 0 Å². The SMILES string of the molecule is CC1C=Cc2c(n(-c3ccc(-c4cccc(-c5nc(-c6ccccc6)cc(-c6ccccc6)n5)c4)cc3)c3ccccc23)C1. The van der Waals surface area contributed by atoms with Gasteiger partial charge in [-0.1, -0.05) is 128 Å². The number of benzene rings is 5. The second kappa shape index (κ2) is 10.9. The number of nitrogens with zero attached hydrogens (tertiary/aromatic N) is 3. The van der Waals surface area contributed by atoms with Gasteiger partial charge in [0.15, 0.2) is 5.82 Å². The van der Waals surface area contributed by atoms with Gasteiger partial charge in [-0.15, -0.1) is 0 Å². The van der Waals surface area contributed by atoms with Crippen LogP contribution in [0.1, 0.15) is 18.2 Å². The zero-order chi connectivity index (χ0) is 29.5. The van der Waals surface area contributed by atoms with Gasteiger partial charge in [0.05, 0.1) is 16.9 Å². The van der Waals surface area contributed by atoms with Crippen LogP contribution in [0.15, 0.2) is 146 Å². The van der Waals surface area contributed by atoms with E-state index < -0.39 is 0 Å². The van der Waals surface area contributed by atoms with Crippen molar-refractivity contribution in [3.63, 3.8) is 0 Å². The van der Waals surface area contributed by atoms with E-state index >= 15 is 0 Å². The molecule has 0 aliphatic heterocycles. The molecule has 2 heterocycles. The minimum absolute atomic E-state index is 0.526. The fraction of sp³-hybridized carbons (Fsp3) is 0.0732.